The molecule has 0 amide bonds. The van der Waals surface area contributed by atoms with Gasteiger partial charge in [0.15, 0.2) is 0 Å². The van der Waals surface area contributed by atoms with Gasteiger partial charge in [-0.25, -0.2) is 0 Å². The van der Waals surface area contributed by atoms with Gasteiger partial charge < -0.3 is 4.79 Å². The van der Waals surface area contributed by atoms with Crippen molar-refractivity contribution in [1.82, 2.24) is 0 Å². The first-order valence-corrected chi connectivity index (χ1v) is 15.7. The van der Waals surface area contributed by atoms with Crippen LogP contribution in [0.2, 0.25) is 0 Å². The van der Waals surface area contributed by atoms with Crippen LogP contribution >= 0.6 is 0 Å². The van der Waals surface area contributed by atoms with E-state index in [-0.39, 0.29) is 52.7 Å². The van der Waals surface area contributed by atoms with E-state index in [1.54, 1.807) is 6.92 Å². The van der Waals surface area contributed by atoms with Gasteiger partial charge in [-0.3, -0.25) is 14.4 Å². The zero-order valence-corrected chi connectivity index (χ0v) is 26.9. The number of hydrogen-bond donors (Lipinski definition) is 0. The molecule has 0 saturated carbocycles. The summed E-state index contributed by atoms with van der Waals surface area (Å²) in [4.78, 5) is 48.9. The van der Waals surface area contributed by atoms with Crippen LogP contribution in [-0.2, 0) is 19.2 Å². The second-order valence-electron chi connectivity index (χ2n) is 12.6. The number of unbranched alkanes of at least 4 members (excludes halogenated alkanes) is 1. The lowest BCUT2D eigenvalue weighted by molar-refractivity contribution is -0.130. The lowest BCUT2D eigenvalue weighted by Crippen LogP contribution is -2.27. The van der Waals surface area contributed by atoms with Gasteiger partial charge in [-0.1, -0.05) is 85.0 Å². The average Bonchev–Trinajstić information content (AvgIpc) is 2.81. The minimum atomic E-state index is -0.0908. The Morgan fingerprint density at radius 1 is 1.03 bits per heavy atom. The van der Waals surface area contributed by atoms with Crippen LogP contribution < -0.4 is 0 Å². The average molecular weight is 545 g/mol. The molecule has 0 spiro atoms. The molecular weight excluding hydrogens is 484 g/mol. The molecule has 0 radical (unpaired) electrons. The van der Waals surface area contributed by atoms with Crippen LogP contribution in [-0.4, -0.2) is 23.1 Å². The van der Waals surface area contributed by atoms with Crippen LogP contribution in [0, 0.1) is 23.2 Å². The molecule has 0 N–H and O–H groups in total. The van der Waals surface area contributed by atoms with Gasteiger partial charge in [0, 0.05) is 25.2 Å². The molecule has 0 saturated heterocycles. The van der Waals surface area contributed by atoms with Crippen LogP contribution in [0.1, 0.15) is 152 Å². The molecule has 0 aromatic rings. The number of carbonyl (C=O) groups is 4. The molecule has 39 heavy (non-hydrogen) atoms. The van der Waals surface area contributed by atoms with Crippen molar-refractivity contribution in [3.63, 3.8) is 0 Å². The minimum Gasteiger partial charge on any atom is -0.300 e. The smallest absolute Gasteiger partial charge is 0.143 e. The number of carbonyl (C=O) groups excluding carboxylic acids is 4. The van der Waals surface area contributed by atoms with Gasteiger partial charge in [0.1, 0.15) is 23.1 Å². The zero-order valence-electron chi connectivity index (χ0n) is 26.9. The van der Waals surface area contributed by atoms with E-state index in [1.807, 2.05) is 6.92 Å². The van der Waals surface area contributed by atoms with Crippen molar-refractivity contribution in [1.29, 1.82) is 0 Å². The third-order valence-electron chi connectivity index (χ3n) is 7.92. The van der Waals surface area contributed by atoms with Crippen LogP contribution in [0.5, 0.6) is 0 Å². The molecule has 0 heterocycles. The van der Waals surface area contributed by atoms with E-state index < -0.39 is 0 Å². The van der Waals surface area contributed by atoms with E-state index in [4.69, 9.17) is 0 Å². The Labute approximate surface area is 240 Å². The first kappa shape index (κ1) is 37.2. The number of rotatable bonds is 15. The molecule has 1 aliphatic carbocycles. The molecule has 224 valence electrons. The van der Waals surface area contributed by atoms with Gasteiger partial charge >= 0.3 is 0 Å². The van der Waals surface area contributed by atoms with Crippen molar-refractivity contribution in [3.05, 3.63) is 23.3 Å². The molecule has 0 bridgehead atoms. The van der Waals surface area contributed by atoms with Gasteiger partial charge in [-0.2, -0.15) is 0 Å². The molecule has 3 atom stereocenters. The third kappa shape index (κ3) is 15.5. The Bertz CT molecular complexity index is 830. The van der Waals surface area contributed by atoms with E-state index in [2.05, 4.69) is 53.7 Å². The summed E-state index contributed by atoms with van der Waals surface area (Å²) in [7, 11) is 0. The molecule has 4 heteroatoms. The summed E-state index contributed by atoms with van der Waals surface area (Å²) in [5.41, 5.74) is 2.39. The topological polar surface area (TPSA) is 68.3 Å². The number of ketones is 4. The number of hydrogen-bond acceptors (Lipinski definition) is 4. The molecule has 1 rings (SSSR count). The highest BCUT2D eigenvalue weighted by molar-refractivity contribution is 5.99. The summed E-state index contributed by atoms with van der Waals surface area (Å²) < 4.78 is 0. The Morgan fingerprint density at radius 2 is 1.67 bits per heavy atom. The Kier molecular flexibility index (Phi) is 19.2. The maximum Gasteiger partial charge on any atom is 0.143 e. The van der Waals surface area contributed by atoms with Gasteiger partial charge in [-0.05, 0) is 82.1 Å². The molecule has 0 aromatic heterocycles. The van der Waals surface area contributed by atoms with E-state index in [0.717, 1.165) is 63.4 Å². The van der Waals surface area contributed by atoms with Crippen molar-refractivity contribution < 1.29 is 19.2 Å². The summed E-state index contributed by atoms with van der Waals surface area (Å²) in [5.74, 6) is 0.958. The van der Waals surface area contributed by atoms with Crippen LogP contribution in [0.15, 0.2) is 23.3 Å². The van der Waals surface area contributed by atoms with Crippen molar-refractivity contribution in [3.8, 4) is 0 Å². The largest absolute Gasteiger partial charge is 0.300 e. The second-order valence-corrected chi connectivity index (χ2v) is 12.6. The van der Waals surface area contributed by atoms with E-state index in [9.17, 15) is 19.2 Å². The maximum atomic E-state index is 13.2. The maximum absolute atomic E-state index is 13.2. The van der Waals surface area contributed by atoms with Crippen LogP contribution in [0.3, 0.4) is 0 Å². The number of allylic oxidation sites excluding steroid dienone is 4. The molecule has 0 aliphatic heterocycles. The first-order chi connectivity index (χ1) is 18.3. The molecule has 1 aliphatic rings. The summed E-state index contributed by atoms with van der Waals surface area (Å²) in [5, 5.41) is 0. The van der Waals surface area contributed by atoms with Crippen molar-refractivity contribution in [2.24, 2.45) is 23.2 Å². The summed E-state index contributed by atoms with van der Waals surface area (Å²) in [6.45, 7) is 18.2. The minimum absolute atomic E-state index is 0.0301. The summed E-state index contributed by atoms with van der Waals surface area (Å²) in [6.07, 6.45) is 15.9. The SMILES string of the molecule is CCC.CCCC(CC1CC/C=C\C(C(C)(C)CCCCC(C)=O)=C(\C)CC(=O)C1)C(CC)C(=O)CC(C)=O. The Hall–Kier alpha value is -1.84. The van der Waals surface area contributed by atoms with Gasteiger partial charge in [-0.15, -0.1) is 0 Å². The third-order valence-corrected chi connectivity index (χ3v) is 7.92. The zero-order chi connectivity index (χ0) is 30.0. The standard InChI is InChI=1S/C32H52O4.C3H8/c1-8-14-27(29(9-2)31(36)20-25(5)34)21-26-16-10-11-17-30(23(3)19-28(35)22-26)32(6,7)18-13-12-15-24(4)33;1-3-2/h11,17,26-27,29H,8-10,12-16,18-22H2,1-7H3;3H2,1-2H3/b17-11-,30-23+;. The van der Waals surface area contributed by atoms with Crippen LogP contribution in [0.4, 0.5) is 0 Å². The monoisotopic (exact) mass is 544 g/mol. The highest BCUT2D eigenvalue weighted by Crippen LogP contribution is 2.38. The predicted octanol–water partition coefficient (Wildman–Crippen LogP) is 9.59. The highest BCUT2D eigenvalue weighted by atomic mass is 16.1. The lowest BCUT2D eigenvalue weighted by Gasteiger charge is -2.31. The second kappa shape index (κ2) is 20.1. The summed E-state index contributed by atoms with van der Waals surface area (Å²) in [6, 6.07) is 0. The van der Waals surface area contributed by atoms with Crippen molar-refractivity contribution in [2.45, 2.75) is 152 Å². The molecule has 0 aromatic carbocycles. The highest BCUT2D eigenvalue weighted by Gasteiger charge is 2.30. The Balaban J connectivity index is 0.00000458. The fraction of sp³-hybridized carbons (Fsp3) is 0.771. The van der Waals surface area contributed by atoms with Crippen LogP contribution in [0.25, 0.3) is 0 Å². The normalized spacial score (nSPS) is 20.8. The van der Waals surface area contributed by atoms with Gasteiger partial charge in [0.05, 0.1) is 6.42 Å². The Morgan fingerprint density at radius 3 is 2.21 bits per heavy atom. The lowest BCUT2D eigenvalue weighted by atomic mass is 9.73. The molecule has 3 unspecified atom stereocenters. The van der Waals surface area contributed by atoms with Crippen molar-refractivity contribution >= 4 is 23.1 Å². The van der Waals surface area contributed by atoms with E-state index in [0.29, 0.717) is 19.3 Å². The van der Waals surface area contributed by atoms with Crippen molar-refractivity contribution in [2.75, 3.05) is 0 Å². The van der Waals surface area contributed by atoms with Gasteiger partial charge in [0.25, 0.3) is 0 Å². The predicted molar refractivity (Wildman–Crippen MR) is 165 cm³/mol. The summed E-state index contributed by atoms with van der Waals surface area (Å²) >= 11 is 0. The first-order valence-electron chi connectivity index (χ1n) is 15.7. The molecule has 0 fully saturated rings. The fourth-order valence-corrected chi connectivity index (χ4v) is 6.13. The number of Topliss-reactive ketones (excluding diaryl/α,β-unsaturated/α-hetero) is 4. The molecule has 4 nitrogen and oxygen atoms in total. The van der Waals surface area contributed by atoms with E-state index in [1.165, 1.54) is 18.9 Å². The fourth-order valence-electron chi connectivity index (χ4n) is 6.13. The van der Waals surface area contributed by atoms with Gasteiger partial charge in [0.2, 0.25) is 0 Å². The van der Waals surface area contributed by atoms with E-state index >= 15 is 0 Å². The quantitative estimate of drug-likeness (QED) is 0.152. The molecular formula is C35H60O4.